The van der Waals surface area contributed by atoms with E-state index in [0.29, 0.717) is 17.4 Å². The molecule has 2 atom stereocenters. The number of hydrogen-bond donors (Lipinski definition) is 1. The third-order valence-corrected chi connectivity index (χ3v) is 3.37. The van der Waals surface area contributed by atoms with Crippen molar-refractivity contribution in [2.24, 2.45) is 17.1 Å². The minimum atomic E-state index is 0.341. The zero-order valence-electron chi connectivity index (χ0n) is 9.88. The van der Waals surface area contributed by atoms with Crippen LogP contribution in [0.15, 0.2) is 0 Å². The van der Waals surface area contributed by atoms with Crippen LogP contribution in [-0.2, 0) is 4.74 Å². The summed E-state index contributed by atoms with van der Waals surface area (Å²) in [5.74, 6) is 0.631. The van der Waals surface area contributed by atoms with Crippen LogP contribution in [0, 0.1) is 11.3 Å². The van der Waals surface area contributed by atoms with Gasteiger partial charge in [-0.2, -0.15) is 0 Å². The van der Waals surface area contributed by atoms with E-state index in [0.717, 1.165) is 13.2 Å². The van der Waals surface area contributed by atoms with Crippen LogP contribution in [0.4, 0.5) is 0 Å². The van der Waals surface area contributed by atoms with Crippen LogP contribution in [0.1, 0.15) is 46.5 Å². The second-order valence-electron chi connectivity index (χ2n) is 5.51. The van der Waals surface area contributed by atoms with Crippen molar-refractivity contribution in [2.75, 3.05) is 13.2 Å². The SMILES string of the molecule is CC(C)(C)C(CN)CCC1CCCO1. The quantitative estimate of drug-likeness (QED) is 0.755. The fourth-order valence-corrected chi connectivity index (χ4v) is 2.16. The molecule has 0 aromatic heterocycles. The summed E-state index contributed by atoms with van der Waals surface area (Å²) in [5, 5.41) is 0. The van der Waals surface area contributed by atoms with Crippen molar-refractivity contribution in [1.29, 1.82) is 0 Å². The van der Waals surface area contributed by atoms with Gasteiger partial charge >= 0.3 is 0 Å². The van der Waals surface area contributed by atoms with E-state index in [1.54, 1.807) is 0 Å². The Morgan fingerprint density at radius 1 is 1.43 bits per heavy atom. The summed E-state index contributed by atoms with van der Waals surface area (Å²) in [6, 6.07) is 0. The summed E-state index contributed by atoms with van der Waals surface area (Å²) in [5.41, 5.74) is 6.14. The molecule has 0 aromatic rings. The fraction of sp³-hybridized carbons (Fsp3) is 1.00. The Labute approximate surface area is 88.2 Å². The second kappa shape index (κ2) is 5.13. The smallest absolute Gasteiger partial charge is 0.0576 e. The van der Waals surface area contributed by atoms with Crippen LogP contribution in [0.3, 0.4) is 0 Å². The highest BCUT2D eigenvalue weighted by atomic mass is 16.5. The Balaban J connectivity index is 2.26. The van der Waals surface area contributed by atoms with E-state index in [2.05, 4.69) is 20.8 Å². The first-order valence-electron chi connectivity index (χ1n) is 5.85. The lowest BCUT2D eigenvalue weighted by Crippen LogP contribution is -2.29. The van der Waals surface area contributed by atoms with Gasteiger partial charge in [-0.1, -0.05) is 20.8 Å². The lowest BCUT2D eigenvalue weighted by Gasteiger charge is -2.30. The predicted molar refractivity (Wildman–Crippen MR) is 60.2 cm³/mol. The Bertz CT molecular complexity index is 156. The molecule has 0 radical (unpaired) electrons. The van der Waals surface area contributed by atoms with Crippen molar-refractivity contribution in [3.8, 4) is 0 Å². The molecule has 0 spiro atoms. The van der Waals surface area contributed by atoms with Gasteiger partial charge < -0.3 is 10.5 Å². The summed E-state index contributed by atoms with van der Waals surface area (Å²) >= 11 is 0. The molecule has 1 aliphatic heterocycles. The van der Waals surface area contributed by atoms with Gasteiger partial charge in [0.05, 0.1) is 6.10 Å². The molecule has 84 valence electrons. The van der Waals surface area contributed by atoms with Crippen molar-refractivity contribution in [2.45, 2.75) is 52.6 Å². The summed E-state index contributed by atoms with van der Waals surface area (Å²) in [4.78, 5) is 0. The Morgan fingerprint density at radius 2 is 2.14 bits per heavy atom. The molecule has 1 rings (SSSR count). The Hall–Kier alpha value is -0.0800. The van der Waals surface area contributed by atoms with Gasteiger partial charge in [0.15, 0.2) is 0 Å². The van der Waals surface area contributed by atoms with Crippen LogP contribution < -0.4 is 5.73 Å². The number of hydrogen-bond acceptors (Lipinski definition) is 2. The first-order valence-corrected chi connectivity index (χ1v) is 5.85. The minimum absolute atomic E-state index is 0.341. The van der Waals surface area contributed by atoms with Gasteiger partial charge in [-0.25, -0.2) is 0 Å². The molecule has 2 nitrogen and oxygen atoms in total. The highest BCUT2D eigenvalue weighted by Gasteiger charge is 2.25. The maximum atomic E-state index is 5.80. The van der Waals surface area contributed by atoms with Gasteiger partial charge in [0.2, 0.25) is 0 Å². The van der Waals surface area contributed by atoms with Crippen LogP contribution in [0.25, 0.3) is 0 Å². The predicted octanol–water partition coefficient (Wildman–Crippen LogP) is 2.57. The largest absolute Gasteiger partial charge is 0.378 e. The minimum Gasteiger partial charge on any atom is -0.378 e. The molecule has 2 unspecified atom stereocenters. The van der Waals surface area contributed by atoms with E-state index in [1.807, 2.05) is 0 Å². The standard InChI is InChI=1S/C12H25NO/c1-12(2,3)10(9-13)6-7-11-5-4-8-14-11/h10-11H,4-9,13H2,1-3H3. The maximum Gasteiger partial charge on any atom is 0.0576 e. The topological polar surface area (TPSA) is 35.2 Å². The Kier molecular flexibility index (Phi) is 4.39. The number of ether oxygens (including phenoxy) is 1. The second-order valence-corrected chi connectivity index (χ2v) is 5.51. The monoisotopic (exact) mass is 199 g/mol. The van der Waals surface area contributed by atoms with E-state index in [1.165, 1.54) is 25.7 Å². The molecule has 1 heterocycles. The average molecular weight is 199 g/mol. The van der Waals surface area contributed by atoms with E-state index >= 15 is 0 Å². The third kappa shape index (κ3) is 3.58. The zero-order chi connectivity index (χ0) is 10.6. The fourth-order valence-electron chi connectivity index (χ4n) is 2.16. The molecular weight excluding hydrogens is 174 g/mol. The van der Waals surface area contributed by atoms with Crippen molar-refractivity contribution in [1.82, 2.24) is 0 Å². The molecule has 1 saturated heterocycles. The van der Waals surface area contributed by atoms with Gasteiger partial charge in [-0.3, -0.25) is 0 Å². The van der Waals surface area contributed by atoms with Gasteiger partial charge in [-0.15, -0.1) is 0 Å². The molecule has 2 N–H and O–H groups in total. The highest BCUT2D eigenvalue weighted by molar-refractivity contribution is 4.77. The number of nitrogens with two attached hydrogens (primary N) is 1. The van der Waals surface area contributed by atoms with Crippen LogP contribution in [0.5, 0.6) is 0 Å². The lowest BCUT2D eigenvalue weighted by atomic mass is 9.77. The van der Waals surface area contributed by atoms with Crippen molar-refractivity contribution in [3.05, 3.63) is 0 Å². The van der Waals surface area contributed by atoms with Crippen molar-refractivity contribution in [3.63, 3.8) is 0 Å². The van der Waals surface area contributed by atoms with E-state index < -0.39 is 0 Å². The molecule has 1 fully saturated rings. The molecular formula is C12H25NO. The first kappa shape index (κ1) is 12.0. The van der Waals surface area contributed by atoms with Crippen LogP contribution >= 0.6 is 0 Å². The lowest BCUT2D eigenvalue weighted by molar-refractivity contribution is 0.0902. The van der Waals surface area contributed by atoms with Gasteiger partial charge in [0.1, 0.15) is 0 Å². The summed E-state index contributed by atoms with van der Waals surface area (Å²) in [6.07, 6.45) is 5.42. The summed E-state index contributed by atoms with van der Waals surface area (Å²) < 4.78 is 5.62. The summed E-state index contributed by atoms with van der Waals surface area (Å²) in [6.45, 7) is 8.60. The van der Waals surface area contributed by atoms with Crippen molar-refractivity contribution >= 4 is 0 Å². The normalized spacial score (nSPS) is 25.3. The number of rotatable bonds is 4. The van der Waals surface area contributed by atoms with E-state index in [9.17, 15) is 0 Å². The van der Waals surface area contributed by atoms with Crippen LogP contribution in [-0.4, -0.2) is 19.3 Å². The molecule has 0 amide bonds. The zero-order valence-corrected chi connectivity index (χ0v) is 9.88. The molecule has 0 bridgehead atoms. The van der Waals surface area contributed by atoms with Gasteiger partial charge in [-0.05, 0) is 43.6 Å². The molecule has 0 saturated carbocycles. The van der Waals surface area contributed by atoms with E-state index in [-0.39, 0.29) is 0 Å². The highest BCUT2D eigenvalue weighted by Crippen LogP contribution is 2.30. The van der Waals surface area contributed by atoms with Gasteiger partial charge in [0, 0.05) is 6.61 Å². The molecule has 0 aliphatic carbocycles. The maximum absolute atomic E-state index is 5.80. The molecule has 0 aromatic carbocycles. The van der Waals surface area contributed by atoms with E-state index in [4.69, 9.17) is 10.5 Å². The molecule has 14 heavy (non-hydrogen) atoms. The van der Waals surface area contributed by atoms with Gasteiger partial charge in [0.25, 0.3) is 0 Å². The third-order valence-electron chi connectivity index (χ3n) is 3.37. The van der Waals surface area contributed by atoms with Crippen molar-refractivity contribution < 1.29 is 4.74 Å². The summed E-state index contributed by atoms with van der Waals surface area (Å²) in [7, 11) is 0. The first-order chi connectivity index (χ1) is 6.54. The molecule has 2 heteroatoms. The molecule has 1 aliphatic rings. The van der Waals surface area contributed by atoms with Crippen LogP contribution in [0.2, 0.25) is 0 Å². The Morgan fingerprint density at radius 3 is 2.57 bits per heavy atom. The average Bonchev–Trinajstić information content (AvgIpc) is 2.55.